The Kier molecular flexibility index (Phi) is 6.95. The molecule has 0 amide bonds. The molecule has 5 heteroatoms. The lowest BCUT2D eigenvalue weighted by Gasteiger charge is -2.50. The second kappa shape index (κ2) is 9.83. The standard InChI is InChI=1S/C24H30O5/c25-14-13-19-20-11-12-21(27-15-17-7-3-1-4-8-17)24(29-20)22(26)23(19)28-16-18-9-5-2-6-10-18/h1-10,19-26H,11-16H2/t19-,20+,21+,22-,23+,24-/m0/s1. The predicted octanol–water partition coefficient (Wildman–Crippen LogP) is 3.08. The van der Waals surface area contributed by atoms with Gasteiger partial charge < -0.3 is 24.4 Å². The summed E-state index contributed by atoms with van der Waals surface area (Å²) in [5.74, 6) is -0.0231. The largest absolute Gasteiger partial charge is 0.396 e. The van der Waals surface area contributed by atoms with Crippen LogP contribution in [0.15, 0.2) is 60.7 Å². The molecule has 0 aromatic heterocycles. The van der Waals surface area contributed by atoms with Gasteiger partial charge in [-0.3, -0.25) is 0 Å². The van der Waals surface area contributed by atoms with Gasteiger partial charge in [0.15, 0.2) is 0 Å². The highest BCUT2D eigenvalue weighted by Crippen LogP contribution is 2.40. The minimum Gasteiger partial charge on any atom is -0.396 e. The minimum absolute atomic E-state index is 0.0205. The molecule has 2 aromatic carbocycles. The van der Waals surface area contributed by atoms with Crippen LogP contribution in [0.5, 0.6) is 0 Å². The van der Waals surface area contributed by atoms with E-state index in [-0.39, 0.29) is 30.8 Å². The van der Waals surface area contributed by atoms with Crippen molar-refractivity contribution in [2.75, 3.05) is 6.61 Å². The second-order valence-corrected chi connectivity index (χ2v) is 7.98. The van der Waals surface area contributed by atoms with E-state index in [0.717, 1.165) is 24.0 Å². The Morgan fingerprint density at radius 3 is 2.10 bits per heavy atom. The lowest BCUT2D eigenvalue weighted by molar-refractivity contribution is -0.268. The summed E-state index contributed by atoms with van der Waals surface area (Å²) in [7, 11) is 0. The van der Waals surface area contributed by atoms with Gasteiger partial charge in [-0.2, -0.15) is 0 Å². The van der Waals surface area contributed by atoms with Crippen molar-refractivity contribution >= 4 is 0 Å². The van der Waals surface area contributed by atoms with Crippen LogP contribution < -0.4 is 0 Å². The molecule has 2 bridgehead atoms. The molecule has 2 aliphatic rings. The van der Waals surface area contributed by atoms with Gasteiger partial charge in [-0.05, 0) is 30.4 Å². The van der Waals surface area contributed by atoms with Gasteiger partial charge in [-0.25, -0.2) is 0 Å². The molecule has 0 spiro atoms. The fourth-order valence-electron chi connectivity index (χ4n) is 4.56. The molecule has 0 radical (unpaired) electrons. The molecule has 0 aliphatic carbocycles. The molecule has 5 nitrogen and oxygen atoms in total. The molecule has 2 N–H and O–H groups in total. The smallest absolute Gasteiger partial charge is 0.112 e. The van der Waals surface area contributed by atoms with Gasteiger partial charge in [0.2, 0.25) is 0 Å². The first-order chi connectivity index (χ1) is 14.3. The molecule has 4 rings (SSSR count). The summed E-state index contributed by atoms with van der Waals surface area (Å²) >= 11 is 0. The third-order valence-corrected chi connectivity index (χ3v) is 6.06. The van der Waals surface area contributed by atoms with Crippen molar-refractivity contribution in [1.82, 2.24) is 0 Å². The summed E-state index contributed by atoms with van der Waals surface area (Å²) in [6, 6.07) is 20.0. The van der Waals surface area contributed by atoms with Crippen LogP contribution in [0.4, 0.5) is 0 Å². The van der Waals surface area contributed by atoms with Gasteiger partial charge in [-0.1, -0.05) is 60.7 Å². The second-order valence-electron chi connectivity index (χ2n) is 7.98. The van der Waals surface area contributed by atoms with Gasteiger partial charge in [0.05, 0.1) is 31.5 Å². The van der Waals surface area contributed by atoms with Crippen LogP contribution in [-0.4, -0.2) is 47.3 Å². The number of aliphatic hydroxyl groups excluding tert-OH is 2. The van der Waals surface area contributed by atoms with E-state index in [1.54, 1.807) is 0 Å². The fraction of sp³-hybridized carbons (Fsp3) is 0.500. The van der Waals surface area contributed by atoms with E-state index in [4.69, 9.17) is 14.2 Å². The zero-order valence-corrected chi connectivity index (χ0v) is 16.6. The zero-order valence-electron chi connectivity index (χ0n) is 16.6. The van der Waals surface area contributed by atoms with E-state index in [2.05, 4.69) is 0 Å². The minimum atomic E-state index is -0.785. The molecule has 2 saturated heterocycles. The first-order valence-electron chi connectivity index (χ1n) is 10.5. The quantitative estimate of drug-likeness (QED) is 0.715. The van der Waals surface area contributed by atoms with Crippen molar-refractivity contribution in [3.63, 3.8) is 0 Å². The maximum atomic E-state index is 11.1. The molecule has 2 heterocycles. The molecule has 156 valence electrons. The Labute approximate surface area is 172 Å². The molecular formula is C24H30O5. The highest BCUT2D eigenvalue weighted by molar-refractivity contribution is 5.14. The molecule has 0 saturated carbocycles. The summed E-state index contributed by atoms with van der Waals surface area (Å²) in [4.78, 5) is 0. The highest BCUT2D eigenvalue weighted by Gasteiger charge is 2.51. The number of hydrogen-bond donors (Lipinski definition) is 2. The summed E-state index contributed by atoms with van der Waals surface area (Å²) in [6.45, 7) is 0.985. The average molecular weight is 398 g/mol. The van der Waals surface area contributed by atoms with Crippen molar-refractivity contribution in [3.05, 3.63) is 71.8 Å². The van der Waals surface area contributed by atoms with Gasteiger partial charge in [-0.15, -0.1) is 0 Å². The third kappa shape index (κ3) is 4.87. The van der Waals surface area contributed by atoms with E-state index in [0.29, 0.717) is 19.6 Å². The van der Waals surface area contributed by atoms with E-state index >= 15 is 0 Å². The topological polar surface area (TPSA) is 68.2 Å². The number of rotatable bonds is 8. The molecule has 2 aliphatic heterocycles. The first kappa shape index (κ1) is 20.5. The number of hydrogen-bond acceptors (Lipinski definition) is 5. The number of benzene rings is 2. The third-order valence-electron chi connectivity index (χ3n) is 6.06. The summed E-state index contributed by atoms with van der Waals surface area (Å²) in [5.41, 5.74) is 2.17. The van der Waals surface area contributed by atoms with Gasteiger partial charge in [0.25, 0.3) is 0 Å². The van der Waals surface area contributed by atoms with Crippen molar-refractivity contribution in [1.29, 1.82) is 0 Å². The number of aliphatic hydroxyl groups is 2. The van der Waals surface area contributed by atoms with Crippen molar-refractivity contribution in [2.24, 2.45) is 5.92 Å². The van der Waals surface area contributed by atoms with Gasteiger partial charge in [0, 0.05) is 12.5 Å². The summed E-state index contributed by atoms with van der Waals surface area (Å²) in [5, 5.41) is 20.7. The highest BCUT2D eigenvalue weighted by atomic mass is 16.6. The van der Waals surface area contributed by atoms with E-state index < -0.39 is 12.2 Å². The Morgan fingerprint density at radius 2 is 1.48 bits per heavy atom. The molecule has 2 fully saturated rings. The Balaban J connectivity index is 1.44. The molecular weight excluding hydrogens is 368 g/mol. The van der Waals surface area contributed by atoms with E-state index in [9.17, 15) is 10.2 Å². The normalized spacial score (nSPS) is 31.5. The SMILES string of the molecule is OCC[C@@H]1[C@@H](OCc2ccccc2)[C@H](O)[C@H]2O[C@@H]1CC[C@H]2OCc1ccccc1. The van der Waals surface area contributed by atoms with Gasteiger partial charge in [0.1, 0.15) is 12.2 Å². The zero-order chi connectivity index (χ0) is 20.1. The van der Waals surface area contributed by atoms with Crippen molar-refractivity contribution in [2.45, 2.75) is 63.0 Å². The van der Waals surface area contributed by atoms with Crippen LogP contribution in [0.2, 0.25) is 0 Å². The van der Waals surface area contributed by atoms with Crippen LogP contribution in [0.3, 0.4) is 0 Å². The van der Waals surface area contributed by atoms with Crippen LogP contribution in [-0.2, 0) is 27.4 Å². The molecule has 6 atom stereocenters. The lowest BCUT2D eigenvalue weighted by Crippen LogP contribution is -2.62. The van der Waals surface area contributed by atoms with Crippen LogP contribution in [0, 0.1) is 5.92 Å². The Bertz CT molecular complexity index is 737. The molecule has 2 aromatic rings. The molecule has 0 unspecified atom stereocenters. The van der Waals surface area contributed by atoms with E-state index in [1.165, 1.54) is 0 Å². The van der Waals surface area contributed by atoms with Crippen LogP contribution in [0.1, 0.15) is 30.4 Å². The maximum Gasteiger partial charge on any atom is 0.112 e. The Hall–Kier alpha value is -1.76. The fourth-order valence-corrected chi connectivity index (χ4v) is 4.56. The number of ether oxygens (including phenoxy) is 3. The Morgan fingerprint density at radius 1 is 0.862 bits per heavy atom. The van der Waals surface area contributed by atoms with Crippen molar-refractivity contribution in [3.8, 4) is 0 Å². The van der Waals surface area contributed by atoms with Crippen LogP contribution >= 0.6 is 0 Å². The summed E-state index contributed by atoms with van der Waals surface area (Å²) < 4.78 is 18.6. The monoisotopic (exact) mass is 398 g/mol. The molecule has 29 heavy (non-hydrogen) atoms. The van der Waals surface area contributed by atoms with Gasteiger partial charge >= 0.3 is 0 Å². The maximum absolute atomic E-state index is 11.1. The first-order valence-corrected chi connectivity index (χ1v) is 10.5. The number of fused-ring (bicyclic) bond motifs is 2. The van der Waals surface area contributed by atoms with Crippen molar-refractivity contribution < 1.29 is 24.4 Å². The van der Waals surface area contributed by atoms with E-state index in [1.807, 2.05) is 60.7 Å². The van der Waals surface area contributed by atoms with Crippen LogP contribution in [0.25, 0.3) is 0 Å². The average Bonchev–Trinajstić information content (AvgIpc) is 2.77. The summed E-state index contributed by atoms with van der Waals surface area (Å²) in [6.07, 6.45) is 0.483. The lowest BCUT2D eigenvalue weighted by atomic mass is 9.77. The predicted molar refractivity (Wildman–Crippen MR) is 109 cm³/mol.